The number of aromatic nitrogens is 2. The second-order valence-corrected chi connectivity index (χ2v) is 4.82. The molecule has 4 nitrogen and oxygen atoms in total. The number of aliphatic hydroxyl groups is 1. The molecular formula is C15H18N2O2. The molecule has 19 heavy (non-hydrogen) atoms. The molecule has 1 aliphatic rings. The Morgan fingerprint density at radius 2 is 2.37 bits per heavy atom. The van der Waals surface area contributed by atoms with Crippen LogP contribution in [0.1, 0.15) is 36.1 Å². The monoisotopic (exact) mass is 258 g/mol. The first-order chi connectivity index (χ1) is 9.29. The van der Waals surface area contributed by atoms with Crippen LogP contribution in [0.5, 0.6) is 5.75 Å². The fourth-order valence-corrected chi connectivity index (χ4v) is 2.50. The molecular weight excluding hydrogens is 240 g/mol. The third-order valence-electron chi connectivity index (χ3n) is 3.55. The molecule has 2 aromatic rings. The largest absolute Gasteiger partial charge is 0.493 e. The van der Waals surface area contributed by atoms with Crippen molar-refractivity contribution in [3.05, 3.63) is 47.3 Å². The van der Waals surface area contributed by atoms with Gasteiger partial charge in [0, 0.05) is 23.9 Å². The predicted molar refractivity (Wildman–Crippen MR) is 72.2 cm³/mol. The van der Waals surface area contributed by atoms with Crippen LogP contribution in [0.25, 0.3) is 0 Å². The van der Waals surface area contributed by atoms with Crippen LogP contribution in [-0.2, 0) is 13.0 Å². The van der Waals surface area contributed by atoms with E-state index < -0.39 is 6.10 Å². The molecule has 1 unspecified atom stereocenters. The molecule has 1 atom stereocenters. The van der Waals surface area contributed by atoms with Crippen molar-refractivity contribution >= 4 is 0 Å². The molecule has 0 amide bonds. The number of benzene rings is 1. The van der Waals surface area contributed by atoms with Gasteiger partial charge in [0.05, 0.1) is 12.8 Å². The Balaban J connectivity index is 1.97. The topological polar surface area (TPSA) is 47.3 Å². The lowest BCUT2D eigenvalue weighted by atomic mass is 9.97. The first-order valence-electron chi connectivity index (χ1n) is 6.74. The Kier molecular flexibility index (Phi) is 3.25. The van der Waals surface area contributed by atoms with E-state index in [0.29, 0.717) is 0 Å². The Morgan fingerprint density at radius 3 is 3.16 bits per heavy atom. The number of hydrogen-bond donors (Lipinski definition) is 1. The molecule has 0 bridgehead atoms. The summed E-state index contributed by atoms with van der Waals surface area (Å²) in [4.78, 5) is 0. The third-order valence-corrected chi connectivity index (χ3v) is 3.55. The van der Waals surface area contributed by atoms with E-state index in [9.17, 15) is 5.11 Å². The fraction of sp³-hybridized carbons (Fsp3) is 0.400. The average Bonchev–Trinajstić information content (AvgIpc) is 2.95. The third kappa shape index (κ3) is 2.24. The van der Waals surface area contributed by atoms with Crippen molar-refractivity contribution in [2.45, 2.75) is 32.4 Å². The molecule has 100 valence electrons. The van der Waals surface area contributed by atoms with Crippen molar-refractivity contribution in [1.29, 1.82) is 0 Å². The van der Waals surface area contributed by atoms with E-state index in [1.165, 1.54) is 5.56 Å². The quantitative estimate of drug-likeness (QED) is 0.919. The van der Waals surface area contributed by atoms with Gasteiger partial charge in [0.2, 0.25) is 0 Å². The predicted octanol–water partition coefficient (Wildman–Crippen LogP) is 2.31. The standard InChI is InChI=1S/C15H18N2O2/c1-2-17-10-12(9-16-17)14(18)13-7-3-5-11-6-4-8-19-15(11)13/h3,5,7,9-10,14,18H,2,4,6,8H2,1H3. The van der Waals surface area contributed by atoms with E-state index in [4.69, 9.17) is 4.74 Å². The van der Waals surface area contributed by atoms with Crippen LogP contribution in [-0.4, -0.2) is 21.5 Å². The van der Waals surface area contributed by atoms with Crippen molar-refractivity contribution in [3.8, 4) is 5.75 Å². The summed E-state index contributed by atoms with van der Waals surface area (Å²) >= 11 is 0. The summed E-state index contributed by atoms with van der Waals surface area (Å²) in [7, 11) is 0. The zero-order valence-electron chi connectivity index (χ0n) is 11.0. The lowest BCUT2D eigenvalue weighted by molar-refractivity contribution is 0.206. The Labute approximate surface area is 112 Å². The molecule has 3 rings (SSSR count). The van der Waals surface area contributed by atoms with Crippen LogP contribution in [0.3, 0.4) is 0 Å². The van der Waals surface area contributed by atoms with Gasteiger partial charge in [-0.15, -0.1) is 0 Å². The zero-order chi connectivity index (χ0) is 13.2. The van der Waals surface area contributed by atoms with E-state index in [-0.39, 0.29) is 0 Å². The summed E-state index contributed by atoms with van der Waals surface area (Å²) in [5, 5.41) is 14.7. The summed E-state index contributed by atoms with van der Waals surface area (Å²) in [6, 6.07) is 5.98. The number of nitrogens with zero attached hydrogens (tertiary/aromatic N) is 2. The Morgan fingerprint density at radius 1 is 1.47 bits per heavy atom. The van der Waals surface area contributed by atoms with E-state index in [0.717, 1.165) is 42.9 Å². The summed E-state index contributed by atoms with van der Waals surface area (Å²) in [5.74, 6) is 0.852. The fourth-order valence-electron chi connectivity index (χ4n) is 2.50. The molecule has 1 aliphatic heterocycles. The number of rotatable bonds is 3. The molecule has 0 saturated heterocycles. The summed E-state index contributed by atoms with van der Waals surface area (Å²) in [5.41, 5.74) is 2.84. The molecule has 0 radical (unpaired) electrons. The van der Waals surface area contributed by atoms with Gasteiger partial charge >= 0.3 is 0 Å². The van der Waals surface area contributed by atoms with Gasteiger partial charge in [-0.05, 0) is 25.3 Å². The van der Waals surface area contributed by atoms with E-state index in [1.54, 1.807) is 6.20 Å². The molecule has 0 spiro atoms. The van der Waals surface area contributed by atoms with E-state index in [1.807, 2.05) is 29.9 Å². The van der Waals surface area contributed by atoms with Gasteiger partial charge in [-0.3, -0.25) is 4.68 Å². The molecule has 2 heterocycles. The van der Waals surface area contributed by atoms with Crippen LogP contribution in [0.4, 0.5) is 0 Å². The Bertz CT molecular complexity index is 577. The second kappa shape index (κ2) is 5.05. The number of aryl methyl sites for hydroxylation is 2. The van der Waals surface area contributed by atoms with E-state index >= 15 is 0 Å². The molecule has 1 aromatic carbocycles. The lowest BCUT2D eigenvalue weighted by Gasteiger charge is -2.22. The first-order valence-corrected chi connectivity index (χ1v) is 6.74. The highest BCUT2D eigenvalue weighted by Crippen LogP contribution is 2.35. The van der Waals surface area contributed by atoms with Crippen molar-refractivity contribution in [1.82, 2.24) is 9.78 Å². The van der Waals surface area contributed by atoms with Crippen LogP contribution in [0.15, 0.2) is 30.6 Å². The minimum Gasteiger partial charge on any atom is -0.493 e. The van der Waals surface area contributed by atoms with Gasteiger partial charge in [0.1, 0.15) is 11.9 Å². The van der Waals surface area contributed by atoms with E-state index in [2.05, 4.69) is 11.2 Å². The number of ether oxygens (including phenoxy) is 1. The zero-order valence-corrected chi connectivity index (χ0v) is 11.0. The normalized spacial score (nSPS) is 15.7. The number of hydrogen-bond acceptors (Lipinski definition) is 3. The molecule has 4 heteroatoms. The minimum absolute atomic E-state index is 0.673. The molecule has 0 saturated carbocycles. The second-order valence-electron chi connectivity index (χ2n) is 4.82. The first kappa shape index (κ1) is 12.2. The SMILES string of the molecule is CCn1cc(C(O)c2cccc3c2OCCC3)cn1. The van der Waals surface area contributed by atoms with Gasteiger partial charge in [0.25, 0.3) is 0 Å². The van der Waals surface area contributed by atoms with Gasteiger partial charge in [-0.2, -0.15) is 5.10 Å². The molecule has 0 aliphatic carbocycles. The highest BCUT2D eigenvalue weighted by atomic mass is 16.5. The maximum atomic E-state index is 10.5. The van der Waals surface area contributed by atoms with Crippen LogP contribution in [0, 0.1) is 0 Å². The summed E-state index contributed by atoms with van der Waals surface area (Å²) in [6.45, 7) is 3.55. The van der Waals surface area contributed by atoms with Gasteiger partial charge in [0.15, 0.2) is 0 Å². The van der Waals surface area contributed by atoms with Gasteiger partial charge in [-0.1, -0.05) is 18.2 Å². The van der Waals surface area contributed by atoms with Crippen LogP contribution < -0.4 is 4.74 Å². The van der Waals surface area contributed by atoms with Crippen molar-refractivity contribution in [2.24, 2.45) is 0 Å². The minimum atomic E-state index is -0.673. The van der Waals surface area contributed by atoms with Crippen molar-refractivity contribution in [3.63, 3.8) is 0 Å². The smallest absolute Gasteiger partial charge is 0.128 e. The van der Waals surface area contributed by atoms with Gasteiger partial charge in [-0.25, -0.2) is 0 Å². The Hall–Kier alpha value is -1.81. The number of para-hydroxylation sites is 1. The number of aliphatic hydroxyl groups excluding tert-OH is 1. The van der Waals surface area contributed by atoms with Gasteiger partial charge < -0.3 is 9.84 Å². The average molecular weight is 258 g/mol. The summed E-state index contributed by atoms with van der Waals surface area (Å²) in [6.07, 6.45) is 4.99. The highest BCUT2D eigenvalue weighted by Gasteiger charge is 2.21. The highest BCUT2D eigenvalue weighted by molar-refractivity contribution is 5.46. The molecule has 1 aromatic heterocycles. The molecule has 1 N–H and O–H groups in total. The maximum Gasteiger partial charge on any atom is 0.128 e. The maximum absolute atomic E-state index is 10.5. The van der Waals surface area contributed by atoms with Crippen LogP contribution in [0.2, 0.25) is 0 Å². The summed E-state index contributed by atoms with van der Waals surface area (Å²) < 4.78 is 7.56. The van der Waals surface area contributed by atoms with Crippen molar-refractivity contribution in [2.75, 3.05) is 6.61 Å². The van der Waals surface area contributed by atoms with Crippen molar-refractivity contribution < 1.29 is 9.84 Å². The lowest BCUT2D eigenvalue weighted by Crippen LogP contribution is -2.12. The number of fused-ring (bicyclic) bond motifs is 1. The molecule has 0 fully saturated rings. The van der Waals surface area contributed by atoms with Crippen LogP contribution >= 0.6 is 0 Å².